The topological polar surface area (TPSA) is 52.0 Å². The van der Waals surface area contributed by atoms with Crippen molar-refractivity contribution in [2.75, 3.05) is 0 Å². The van der Waals surface area contributed by atoms with E-state index >= 15 is 0 Å². The highest BCUT2D eigenvalue weighted by Gasteiger charge is 2.38. The molecule has 0 amide bonds. The first-order valence-corrected chi connectivity index (χ1v) is 12.0. The highest BCUT2D eigenvalue weighted by molar-refractivity contribution is 7.13. The lowest BCUT2D eigenvalue weighted by atomic mass is 9.75. The molecule has 1 aliphatic rings. The summed E-state index contributed by atoms with van der Waals surface area (Å²) in [5.74, 6) is -0.646. The van der Waals surface area contributed by atoms with Crippen LogP contribution in [-0.4, -0.2) is 15.3 Å². The molecule has 4 nitrogen and oxygen atoms in total. The second-order valence-electron chi connectivity index (χ2n) is 9.56. The quantitative estimate of drug-likeness (QED) is 0.280. The Morgan fingerprint density at radius 1 is 0.972 bits per heavy atom. The van der Waals surface area contributed by atoms with Crippen LogP contribution in [0.25, 0.3) is 27.5 Å². The SMILES string of the molecule is CC1(C)CC(=O)c2cc(-c3nc(-c4ccc(F)cc4)cs3)c(=O)n(-c3ccccc3C(F)(F)F)c2C1. The largest absolute Gasteiger partial charge is 0.418 e. The Balaban J connectivity index is 1.77. The number of fused-ring (bicyclic) bond motifs is 1. The first-order chi connectivity index (χ1) is 16.9. The Hall–Kier alpha value is -3.59. The van der Waals surface area contributed by atoms with Gasteiger partial charge in [0.25, 0.3) is 5.56 Å². The molecule has 0 saturated carbocycles. The number of Topliss-reactive ketones (excluding diaryl/α,β-unsaturated/α-hetero) is 1. The zero-order valence-corrected chi connectivity index (χ0v) is 20.1. The van der Waals surface area contributed by atoms with Crippen molar-refractivity contribution in [1.82, 2.24) is 9.55 Å². The van der Waals surface area contributed by atoms with Gasteiger partial charge in [-0.05, 0) is 54.3 Å². The Bertz CT molecular complexity index is 1550. The molecule has 1 aliphatic carbocycles. The van der Waals surface area contributed by atoms with Gasteiger partial charge < -0.3 is 0 Å². The number of para-hydroxylation sites is 1. The minimum Gasteiger partial charge on any atom is -0.294 e. The highest BCUT2D eigenvalue weighted by Crippen LogP contribution is 2.39. The maximum Gasteiger partial charge on any atom is 0.418 e. The van der Waals surface area contributed by atoms with Crippen LogP contribution >= 0.6 is 11.3 Å². The molecule has 184 valence electrons. The van der Waals surface area contributed by atoms with E-state index in [4.69, 9.17) is 0 Å². The first kappa shape index (κ1) is 24.1. The van der Waals surface area contributed by atoms with E-state index in [0.717, 1.165) is 22.0 Å². The maximum atomic E-state index is 14.0. The molecular formula is C27H20F4N2O2S. The third kappa shape index (κ3) is 4.28. The van der Waals surface area contributed by atoms with Gasteiger partial charge in [-0.3, -0.25) is 14.2 Å². The van der Waals surface area contributed by atoms with Gasteiger partial charge in [0.1, 0.15) is 10.8 Å². The van der Waals surface area contributed by atoms with E-state index in [0.29, 0.717) is 11.3 Å². The van der Waals surface area contributed by atoms with Crippen LogP contribution in [0.3, 0.4) is 0 Å². The third-order valence-corrected chi connectivity index (χ3v) is 7.09. The van der Waals surface area contributed by atoms with Gasteiger partial charge in [-0.25, -0.2) is 9.37 Å². The normalized spacial score (nSPS) is 15.1. The van der Waals surface area contributed by atoms with Crippen LogP contribution in [0.15, 0.2) is 64.8 Å². The Morgan fingerprint density at radius 3 is 2.36 bits per heavy atom. The smallest absolute Gasteiger partial charge is 0.294 e. The molecule has 0 N–H and O–H groups in total. The van der Waals surface area contributed by atoms with E-state index in [1.54, 1.807) is 17.5 Å². The molecule has 0 radical (unpaired) electrons. The molecule has 2 aromatic carbocycles. The number of carbonyl (C=O) groups is 1. The number of benzene rings is 2. The van der Waals surface area contributed by atoms with Crippen LogP contribution < -0.4 is 5.56 Å². The molecule has 5 rings (SSSR count). The average Bonchev–Trinajstić information content (AvgIpc) is 3.28. The zero-order chi connectivity index (χ0) is 25.8. The fourth-order valence-electron chi connectivity index (χ4n) is 4.58. The van der Waals surface area contributed by atoms with Gasteiger partial charge in [0.15, 0.2) is 5.78 Å². The van der Waals surface area contributed by atoms with Gasteiger partial charge >= 0.3 is 6.18 Å². The van der Waals surface area contributed by atoms with Crippen LogP contribution in [-0.2, 0) is 12.6 Å². The lowest BCUT2D eigenvalue weighted by molar-refractivity contribution is -0.137. The van der Waals surface area contributed by atoms with Crippen molar-refractivity contribution in [3.8, 4) is 27.5 Å². The number of nitrogens with zero attached hydrogens (tertiary/aromatic N) is 2. The molecule has 0 spiro atoms. The summed E-state index contributed by atoms with van der Waals surface area (Å²) in [6.45, 7) is 3.70. The standard InChI is InChI=1S/C27H20F4N2O2S/c1-26(2)12-22-17(23(34)13-26)11-18(24-32-20(14-36-24)15-7-9-16(28)10-8-15)25(35)33(22)21-6-4-3-5-19(21)27(29,30)31/h3-11,14H,12-13H2,1-2H3. The van der Waals surface area contributed by atoms with Crippen LogP contribution in [0.2, 0.25) is 0 Å². The first-order valence-electron chi connectivity index (χ1n) is 11.2. The predicted octanol–water partition coefficient (Wildman–Crippen LogP) is 6.94. The third-order valence-electron chi connectivity index (χ3n) is 6.21. The van der Waals surface area contributed by atoms with E-state index in [1.165, 1.54) is 36.4 Å². The molecule has 2 aromatic heterocycles. The maximum absolute atomic E-state index is 14.0. The van der Waals surface area contributed by atoms with Crippen molar-refractivity contribution in [2.45, 2.75) is 32.9 Å². The molecular weight excluding hydrogens is 492 g/mol. The van der Waals surface area contributed by atoms with Crippen molar-refractivity contribution in [3.05, 3.63) is 93.0 Å². The molecule has 2 heterocycles. The fourth-order valence-corrected chi connectivity index (χ4v) is 5.42. The minimum absolute atomic E-state index is 0.0390. The van der Waals surface area contributed by atoms with E-state index in [1.807, 2.05) is 13.8 Å². The Labute approximate surface area is 207 Å². The number of rotatable bonds is 3. The van der Waals surface area contributed by atoms with Crippen LogP contribution in [0, 0.1) is 11.2 Å². The van der Waals surface area contributed by atoms with Crippen molar-refractivity contribution in [2.24, 2.45) is 5.41 Å². The summed E-state index contributed by atoms with van der Waals surface area (Å²) in [5.41, 5.74) is -0.865. The van der Waals surface area contributed by atoms with Crippen LogP contribution in [0.1, 0.15) is 41.9 Å². The molecule has 0 saturated heterocycles. The number of ketones is 1. The molecule has 9 heteroatoms. The molecule has 0 fully saturated rings. The van der Waals surface area contributed by atoms with Crippen molar-refractivity contribution < 1.29 is 22.4 Å². The lowest BCUT2D eigenvalue weighted by Crippen LogP contribution is -2.35. The number of hydrogen-bond donors (Lipinski definition) is 0. The van der Waals surface area contributed by atoms with Gasteiger partial charge in [0.05, 0.1) is 22.5 Å². The minimum atomic E-state index is -4.70. The number of aromatic nitrogens is 2. The number of pyridine rings is 1. The fraction of sp³-hybridized carbons (Fsp3) is 0.222. The molecule has 4 aromatic rings. The van der Waals surface area contributed by atoms with Gasteiger partial charge in [-0.2, -0.15) is 13.2 Å². The summed E-state index contributed by atoms with van der Waals surface area (Å²) in [4.78, 5) is 31.5. The molecule has 0 atom stereocenters. The predicted molar refractivity (Wildman–Crippen MR) is 130 cm³/mol. The molecule has 36 heavy (non-hydrogen) atoms. The van der Waals surface area contributed by atoms with Crippen LogP contribution in [0.4, 0.5) is 17.6 Å². The number of hydrogen-bond acceptors (Lipinski definition) is 4. The Kier molecular flexibility index (Phi) is 5.70. The van der Waals surface area contributed by atoms with Gasteiger partial charge in [-0.1, -0.05) is 26.0 Å². The molecule has 0 aliphatic heterocycles. The summed E-state index contributed by atoms with van der Waals surface area (Å²) in [6.07, 6.45) is -4.24. The summed E-state index contributed by atoms with van der Waals surface area (Å²) < 4.78 is 56.2. The van der Waals surface area contributed by atoms with Crippen molar-refractivity contribution >= 4 is 17.1 Å². The zero-order valence-electron chi connectivity index (χ0n) is 19.3. The monoisotopic (exact) mass is 512 g/mol. The number of carbonyl (C=O) groups excluding carboxylic acids is 1. The number of halogens is 4. The second kappa shape index (κ2) is 8.51. The summed E-state index contributed by atoms with van der Waals surface area (Å²) in [6, 6.07) is 12.0. The summed E-state index contributed by atoms with van der Waals surface area (Å²) in [5, 5.41) is 1.94. The van der Waals surface area contributed by atoms with Crippen molar-refractivity contribution in [3.63, 3.8) is 0 Å². The van der Waals surface area contributed by atoms with Crippen LogP contribution in [0.5, 0.6) is 0 Å². The van der Waals surface area contributed by atoms with Gasteiger partial charge in [0, 0.05) is 28.6 Å². The average molecular weight is 513 g/mol. The second-order valence-corrected chi connectivity index (χ2v) is 10.4. The van der Waals surface area contributed by atoms with E-state index in [2.05, 4.69) is 4.98 Å². The number of thiazole rings is 1. The molecule has 0 unspecified atom stereocenters. The van der Waals surface area contributed by atoms with E-state index in [-0.39, 0.29) is 46.1 Å². The summed E-state index contributed by atoms with van der Waals surface area (Å²) >= 11 is 1.13. The van der Waals surface area contributed by atoms with E-state index < -0.39 is 28.5 Å². The highest BCUT2D eigenvalue weighted by atomic mass is 32.1. The summed E-state index contributed by atoms with van der Waals surface area (Å²) in [7, 11) is 0. The van der Waals surface area contributed by atoms with E-state index in [9.17, 15) is 27.2 Å². The Morgan fingerprint density at radius 2 is 1.67 bits per heavy atom. The molecule has 0 bridgehead atoms. The van der Waals surface area contributed by atoms with Gasteiger partial charge in [-0.15, -0.1) is 11.3 Å². The van der Waals surface area contributed by atoms with Crippen molar-refractivity contribution in [1.29, 1.82) is 0 Å². The lowest BCUT2D eigenvalue weighted by Gasteiger charge is -2.32. The number of alkyl halides is 3. The van der Waals surface area contributed by atoms with Gasteiger partial charge in [0.2, 0.25) is 0 Å².